The number of thiophene rings is 1. The quantitative estimate of drug-likeness (QED) is 0.0503. The largest absolute Gasteiger partial charge is 0.534 e. The normalized spacial score (nSPS) is 15.5. The molecule has 0 saturated carbocycles. The number of methoxy groups -OCH3 is 1. The number of allylic oxidation sites excluding steroid dienone is 2. The summed E-state index contributed by atoms with van der Waals surface area (Å²) in [7, 11) is -4.45. The zero-order valence-electron chi connectivity index (χ0n) is 23.4. The molecular formula is C27H27F5N4O6S2. The van der Waals surface area contributed by atoms with E-state index < -0.39 is 27.3 Å². The number of nitrogens with zero attached hydrogens (tertiary/aromatic N) is 4. The van der Waals surface area contributed by atoms with Crippen molar-refractivity contribution in [3.8, 4) is 17.3 Å². The first-order chi connectivity index (χ1) is 20.8. The second kappa shape index (κ2) is 14.6. The van der Waals surface area contributed by atoms with Crippen LogP contribution in [0.2, 0.25) is 0 Å². The maximum atomic E-state index is 14.4. The minimum atomic E-state index is -6.08. The van der Waals surface area contributed by atoms with Gasteiger partial charge in [-0.15, -0.1) is 11.3 Å². The molecule has 0 spiro atoms. The highest BCUT2D eigenvalue weighted by Crippen LogP contribution is 2.40. The summed E-state index contributed by atoms with van der Waals surface area (Å²) < 4.78 is 105. The van der Waals surface area contributed by atoms with Crippen LogP contribution in [-0.4, -0.2) is 65.9 Å². The number of halogens is 5. The van der Waals surface area contributed by atoms with E-state index >= 15 is 0 Å². The minimum Gasteiger partial charge on any atom is -0.499 e. The van der Waals surface area contributed by atoms with E-state index in [1.54, 1.807) is 18.7 Å². The Morgan fingerprint density at radius 1 is 1.27 bits per heavy atom. The lowest BCUT2D eigenvalue weighted by molar-refractivity contribution is -0.129. The third kappa shape index (κ3) is 7.89. The smallest absolute Gasteiger partial charge is 0.499 e. The van der Waals surface area contributed by atoms with Gasteiger partial charge >= 0.3 is 15.6 Å². The highest BCUT2D eigenvalue weighted by atomic mass is 32.2. The standard InChI is InChI=1S/C22H17F5N4O4S2.C5H10O2/c1-3-18(32)30-11-14-9-17(29-31(14)10-12(30)2)19-16(8-13(24)4-6-23)20-15(5-7-36-20)21(28-19)35-37(33,34)22(25,26)27;1-3-7-5-4-6-2/h3-9,12H,1,10-11H2,2H3;3H,1,4-5H2,2H3/b6-4+,13-8?;. The summed E-state index contributed by atoms with van der Waals surface area (Å²) in [5, 5.41) is 5.69. The fraction of sp³-hybridized carbons (Fsp3) is 0.296. The van der Waals surface area contributed by atoms with E-state index in [1.165, 1.54) is 28.7 Å². The summed E-state index contributed by atoms with van der Waals surface area (Å²) in [6.07, 6.45) is 3.93. The molecule has 3 aromatic heterocycles. The zero-order chi connectivity index (χ0) is 32.7. The van der Waals surface area contributed by atoms with E-state index in [2.05, 4.69) is 32.2 Å². The van der Waals surface area contributed by atoms with Crippen LogP contribution in [0.4, 0.5) is 22.0 Å². The van der Waals surface area contributed by atoms with Crippen LogP contribution in [0.1, 0.15) is 18.2 Å². The lowest BCUT2D eigenvalue weighted by Crippen LogP contribution is -2.44. The van der Waals surface area contributed by atoms with Gasteiger partial charge in [-0.25, -0.2) is 13.8 Å². The van der Waals surface area contributed by atoms with Crippen LogP contribution in [0, 0.1) is 0 Å². The van der Waals surface area contributed by atoms with Gasteiger partial charge in [-0.1, -0.05) is 13.2 Å². The van der Waals surface area contributed by atoms with Gasteiger partial charge in [-0.3, -0.25) is 9.48 Å². The molecule has 44 heavy (non-hydrogen) atoms. The first kappa shape index (κ1) is 34.4. The first-order valence-corrected chi connectivity index (χ1v) is 14.8. The number of rotatable bonds is 10. The van der Waals surface area contributed by atoms with Gasteiger partial charge in [0.25, 0.3) is 0 Å². The van der Waals surface area contributed by atoms with Gasteiger partial charge in [0, 0.05) is 29.5 Å². The molecule has 10 nitrogen and oxygen atoms in total. The summed E-state index contributed by atoms with van der Waals surface area (Å²) >= 11 is 0.949. The topological polar surface area (TPSA) is 113 Å². The van der Waals surface area contributed by atoms with E-state index in [4.69, 9.17) is 4.74 Å². The Labute approximate surface area is 253 Å². The van der Waals surface area contributed by atoms with Crippen LogP contribution in [0.3, 0.4) is 0 Å². The zero-order valence-corrected chi connectivity index (χ0v) is 25.0. The fourth-order valence-corrected chi connectivity index (χ4v) is 5.30. The van der Waals surface area contributed by atoms with Gasteiger partial charge in [0.1, 0.15) is 23.8 Å². The van der Waals surface area contributed by atoms with Crippen molar-refractivity contribution in [2.75, 3.05) is 20.3 Å². The maximum Gasteiger partial charge on any atom is 0.534 e. The van der Waals surface area contributed by atoms with Crippen molar-refractivity contribution in [3.63, 3.8) is 0 Å². The molecule has 1 aliphatic heterocycles. The minimum absolute atomic E-state index is 0.0138. The van der Waals surface area contributed by atoms with Crippen molar-refractivity contribution in [2.45, 2.75) is 31.6 Å². The van der Waals surface area contributed by atoms with E-state index in [-0.39, 0.29) is 58.4 Å². The Morgan fingerprint density at radius 2 is 2.00 bits per heavy atom. The van der Waals surface area contributed by atoms with Crippen molar-refractivity contribution in [1.82, 2.24) is 19.7 Å². The molecule has 17 heteroatoms. The SMILES string of the molecule is C=CC(=O)N1Cc2cc(-c3nc(OS(=O)(=O)C(F)(F)F)c4ccsc4c3C=C(F)/C=C/F)nn2CC1C.C=COCCOC. The van der Waals surface area contributed by atoms with Crippen LogP contribution >= 0.6 is 11.3 Å². The van der Waals surface area contributed by atoms with Crippen molar-refractivity contribution in [2.24, 2.45) is 0 Å². The van der Waals surface area contributed by atoms with E-state index in [1.807, 2.05) is 0 Å². The highest BCUT2D eigenvalue weighted by molar-refractivity contribution is 7.88. The average Bonchev–Trinajstić information content (AvgIpc) is 3.61. The molecule has 0 saturated heterocycles. The predicted octanol–water partition coefficient (Wildman–Crippen LogP) is 5.89. The summed E-state index contributed by atoms with van der Waals surface area (Å²) in [6, 6.07) is 2.47. The second-order valence-electron chi connectivity index (χ2n) is 8.90. The van der Waals surface area contributed by atoms with Gasteiger partial charge in [-0.05, 0) is 36.6 Å². The van der Waals surface area contributed by atoms with Gasteiger partial charge in [0.05, 0.1) is 43.4 Å². The number of pyridine rings is 1. The fourth-order valence-electron chi connectivity index (χ4n) is 3.97. The number of hydrogen-bond donors (Lipinski definition) is 0. The number of carbonyl (C=O) groups is 1. The number of hydrogen-bond acceptors (Lipinski definition) is 9. The van der Waals surface area contributed by atoms with E-state index in [9.17, 15) is 35.2 Å². The monoisotopic (exact) mass is 662 g/mol. The summed E-state index contributed by atoms with van der Waals surface area (Å²) in [5.74, 6) is -2.25. The van der Waals surface area contributed by atoms with Gasteiger partial charge in [0.2, 0.25) is 11.8 Å². The Balaban J connectivity index is 0.000000676. The van der Waals surface area contributed by atoms with Crippen LogP contribution in [-0.2, 0) is 37.5 Å². The van der Waals surface area contributed by atoms with E-state index in [0.717, 1.165) is 23.5 Å². The third-order valence-corrected chi connectivity index (χ3v) is 7.87. The Hall–Kier alpha value is -4.09. The first-order valence-electron chi connectivity index (χ1n) is 12.5. The number of amides is 1. The molecule has 0 aliphatic carbocycles. The summed E-state index contributed by atoms with van der Waals surface area (Å²) in [6.45, 7) is 10.2. The van der Waals surface area contributed by atoms with Gasteiger partial charge in [-0.2, -0.15) is 26.7 Å². The number of alkyl halides is 3. The van der Waals surface area contributed by atoms with Crippen molar-refractivity contribution < 1.29 is 48.8 Å². The molecular weight excluding hydrogens is 635 g/mol. The Kier molecular flexibility index (Phi) is 11.4. The molecule has 0 aromatic carbocycles. The molecule has 4 rings (SSSR count). The van der Waals surface area contributed by atoms with E-state index in [0.29, 0.717) is 25.0 Å². The number of aromatic nitrogens is 3. The van der Waals surface area contributed by atoms with Crippen LogP contribution in [0.15, 0.2) is 61.2 Å². The molecule has 1 aliphatic rings. The van der Waals surface area contributed by atoms with Crippen molar-refractivity contribution in [3.05, 3.63) is 72.5 Å². The molecule has 1 unspecified atom stereocenters. The van der Waals surface area contributed by atoms with Gasteiger partial charge in [0.15, 0.2) is 0 Å². The molecule has 3 aromatic rings. The van der Waals surface area contributed by atoms with Crippen molar-refractivity contribution in [1.29, 1.82) is 0 Å². The van der Waals surface area contributed by atoms with Gasteiger partial charge < -0.3 is 18.6 Å². The number of fused-ring (bicyclic) bond motifs is 2. The summed E-state index contributed by atoms with van der Waals surface area (Å²) in [4.78, 5) is 17.7. The lowest BCUT2D eigenvalue weighted by Gasteiger charge is -2.33. The second-order valence-corrected chi connectivity index (χ2v) is 11.4. The number of carbonyl (C=O) groups excluding carboxylic acids is 1. The maximum absolute atomic E-state index is 14.4. The lowest BCUT2D eigenvalue weighted by atomic mass is 10.1. The molecule has 0 radical (unpaired) electrons. The average molecular weight is 663 g/mol. The third-order valence-electron chi connectivity index (χ3n) is 5.97. The summed E-state index contributed by atoms with van der Waals surface area (Å²) in [5.41, 5.74) is -5.34. The molecule has 0 fully saturated rings. The molecule has 1 atom stereocenters. The molecule has 4 heterocycles. The van der Waals surface area contributed by atoms with Crippen LogP contribution in [0.5, 0.6) is 5.88 Å². The molecule has 238 valence electrons. The van der Waals surface area contributed by atoms with Crippen LogP contribution in [0.25, 0.3) is 27.6 Å². The Morgan fingerprint density at radius 3 is 2.61 bits per heavy atom. The molecule has 1 amide bonds. The predicted molar refractivity (Wildman–Crippen MR) is 154 cm³/mol. The Bertz CT molecular complexity index is 1680. The van der Waals surface area contributed by atoms with Crippen molar-refractivity contribution >= 4 is 43.5 Å². The van der Waals surface area contributed by atoms with Crippen LogP contribution < -0.4 is 4.18 Å². The molecule has 0 bridgehead atoms. The number of ether oxygens (including phenoxy) is 2. The highest BCUT2D eigenvalue weighted by Gasteiger charge is 2.49. The molecule has 0 N–H and O–H groups in total.